The minimum Gasteiger partial charge on any atom is -0.378 e. The Balaban J connectivity index is 1.70. The molecular formula is C24H24ClN3O4S. The van der Waals surface area contributed by atoms with E-state index in [0.29, 0.717) is 43.2 Å². The highest BCUT2D eigenvalue weighted by atomic mass is 35.5. The van der Waals surface area contributed by atoms with Crippen LogP contribution in [0.2, 0.25) is 5.02 Å². The SMILES string of the molecule is Cc1cccc(C(=O)Nc2ccc(N3CCOCC3)c(S(=O)(=O)Nc3ccccc3Cl)c2)c1. The lowest BCUT2D eigenvalue weighted by atomic mass is 10.1. The Morgan fingerprint density at radius 1 is 1.00 bits per heavy atom. The highest BCUT2D eigenvalue weighted by Crippen LogP contribution is 2.32. The van der Waals surface area contributed by atoms with Crippen molar-refractivity contribution in [2.75, 3.05) is 41.2 Å². The molecule has 33 heavy (non-hydrogen) atoms. The highest BCUT2D eigenvalue weighted by molar-refractivity contribution is 7.93. The van der Waals surface area contributed by atoms with Gasteiger partial charge in [0.05, 0.1) is 29.6 Å². The fourth-order valence-corrected chi connectivity index (χ4v) is 5.18. The van der Waals surface area contributed by atoms with E-state index in [1.165, 1.54) is 6.07 Å². The number of morpholine rings is 1. The molecule has 0 radical (unpaired) electrons. The third-order valence-corrected chi connectivity index (χ3v) is 6.98. The number of nitrogens with one attached hydrogen (secondary N) is 2. The molecule has 0 aliphatic carbocycles. The predicted octanol–water partition coefficient (Wildman–Crippen LogP) is 4.54. The van der Waals surface area contributed by atoms with Gasteiger partial charge in [0, 0.05) is 24.3 Å². The van der Waals surface area contributed by atoms with Gasteiger partial charge in [0.1, 0.15) is 4.90 Å². The summed E-state index contributed by atoms with van der Waals surface area (Å²) in [5, 5.41) is 3.09. The Labute approximate surface area is 198 Å². The number of carbonyl (C=O) groups excluding carboxylic acids is 1. The van der Waals surface area contributed by atoms with E-state index in [1.54, 1.807) is 54.6 Å². The Morgan fingerprint density at radius 2 is 1.76 bits per heavy atom. The molecule has 1 aliphatic heterocycles. The number of amides is 1. The Bertz CT molecular complexity index is 1270. The van der Waals surface area contributed by atoms with Gasteiger partial charge in [-0.25, -0.2) is 8.42 Å². The normalized spacial score (nSPS) is 14.1. The number of ether oxygens (including phenoxy) is 1. The van der Waals surface area contributed by atoms with Crippen molar-refractivity contribution in [1.29, 1.82) is 0 Å². The van der Waals surface area contributed by atoms with Gasteiger partial charge in [-0.1, -0.05) is 41.4 Å². The molecular weight excluding hydrogens is 462 g/mol. The van der Waals surface area contributed by atoms with E-state index >= 15 is 0 Å². The Hall–Kier alpha value is -3.07. The second-order valence-corrected chi connectivity index (χ2v) is 9.75. The lowest BCUT2D eigenvalue weighted by Crippen LogP contribution is -2.37. The molecule has 0 atom stereocenters. The molecule has 1 amide bonds. The summed E-state index contributed by atoms with van der Waals surface area (Å²) in [4.78, 5) is 14.7. The number of nitrogens with zero attached hydrogens (tertiary/aromatic N) is 1. The molecule has 0 bridgehead atoms. The van der Waals surface area contributed by atoms with Gasteiger partial charge >= 0.3 is 0 Å². The van der Waals surface area contributed by atoms with E-state index < -0.39 is 10.0 Å². The van der Waals surface area contributed by atoms with E-state index in [4.69, 9.17) is 16.3 Å². The molecule has 0 spiro atoms. The predicted molar refractivity (Wildman–Crippen MR) is 131 cm³/mol. The van der Waals surface area contributed by atoms with Gasteiger partial charge in [0.15, 0.2) is 0 Å². The fourth-order valence-electron chi connectivity index (χ4n) is 3.61. The maximum absolute atomic E-state index is 13.4. The Kier molecular flexibility index (Phi) is 6.88. The molecule has 9 heteroatoms. The topological polar surface area (TPSA) is 87.7 Å². The zero-order chi connectivity index (χ0) is 23.4. The summed E-state index contributed by atoms with van der Waals surface area (Å²) in [5.41, 5.74) is 2.63. The zero-order valence-electron chi connectivity index (χ0n) is 18.0. The molecule has 1 heterocycles. The number of para-hydroxylation sites is 1. The number of hydrogen-bond acceptors (Lipinski definition) is 5. The van der Waals surface area contributed by atoms with E-state index in [2.05, 4.69) is 10.0 Å². The average molecular weight is 486 g/mol. The van der Waals surface area contributed by atoms with Crippen molar-refractivity contribution < 1.29 is 17.9 Å². The van der Waals surface area contributed by atoms with E-state index in [0.717, 1.165) is 5.56 Å². The molecule has 1 fully saturated rings. The first kappa shape index (κ1) is 23.1. The molecule has 172 valence electrons. The lowest BCUT2D eigenvalue weighted by Gasteiger charge is -2.30. The van der Waals surface area contributed by atoms with Crippen LogP contribution in [0, 0.1) is 6.92 Å². The summed E-state index contributed by atoms with van der Waals surface area (Å²) < 4.78 is 34.8. The smallest absolute Gasteiger partial charge is 0.264 e. The van der Waals surface area contributed by atoms with Gasteiger partial charge in [-0.3, -0.25) is 9.52 Å². The number of hydrogen-bond donors (Lipinski definition) is 2. The monoisotopic (exact) mass is 485 g/mol. The van der Waals surface area contributed by atoms with Crippen molar-refractivity contribution in [3.8, 4) is 0 Å². The molecule has 2 N–H and O–H groups in total. The first-order valence-electron chi connectivity index (χ1n) is 10.5. The highest BCUT2D eigenvalue weighted by Gasteiger charge is 2.25. The van der Waals surface area contributed by atoms with Gasteiger partial charge < -0.3 is 15.0 Å². The molecule has 3 aromatic rings. The standard InChI is InChI=1S/C24H24ClN3O4S/c1-17-5-4-6-18(15-17)24(29)26-19-9-10-22(28-11-13-32-14-12-28)23(16-19)33(30,31)27-21-8-3-2-7-20(21)25/h2-10,15-16,27H,11-14H2,1H3,(H,26,29). The van der Waals surface area contributed by atoms with E-state index in [-0.39, 0.29) is 21.5 Å². The minimum absolute atomic E-state index is 0.0476. The molecule has 3 aromatic carbocycles. The second kappa shape index (κ2) is 9.82. The molecule has 4 rings (SSSR count). The first-order chi connectivity index (χ1) is 15.8. The third-order valence-electron chi connectivity index (χ3n) is 5.26. The molecule has 0 aromatic heterocycles. The van der Waals surface area contributed by atoms with Crippen molar-refractivity contribution in [3.05, 3.63) is 82.9 Å². The number of benzene rings is 3. The van der Waals surface area contributed by atoms with Gasteiger partial charge in [0.2, 0.25) is 0 Å². The summed E-state index contributed by atoms with van der Waals surface area (Å²) in [6.45, 7) is 4.03. The maximum Gasteiger partial charge on any atom is 0.264 e. The number of sulfonamides is 1. The van der Waals surface area contributed by atoms with Crippen LogP contribution in [-0.2, 0) is 14.8 Å². The van der Waals surface area contributed by atoms with E-state index in [1.807, 2.05) is 17.9 Å². The van der Waals surface area contributed by atoms with Crippen molar-refractivity contribution >= 4 is 44.6 Å². The van der Waals surface area contributed by atoms with Crippen LogP contribution in [0.3, 0.4) is 0 Å². The van der Waals surface area contributed by atoms with Crippen LogP contribution in [0.4, 0.5) is 17.1 Å². The number of anilines is 3. The van der Waals surface area contributed by atoms with Crippen LogP contribution < -0.4 is 14.9 Å². The number of aryl methyl sites for hydroxylation is 1. The summed E-state index contributed by atoms with van der Waals surface area (Å²) in [6.07, 6.45) is 0. The zero-order valence-corrected chi connectivity index (χ0v) is 19.6. The van der Waals surface area contributed by atoms with Gasteiger partial charge in [0.25, 0.3) is 15.9 Å². The summed E-state index contributed by atoms with van der Waals surface area (Å²) >= 11 is 6.18. The van der Waals surface area contributed by atoms with Crippen LogP contribution >= 0.6 is 11.6 Å². The third kappa shape index (κ3) is 5.47. The summed E-state index contributed by atoms with van der Waals surface area (Å²) in [5.74, 6) is -0.319. The number of halogens is 1. The second-order valence-electron chi connectivity index (χ2n) is 7.69. The first-order valence-corrected chi connectivity index (χ1v) is 12.3. The maximum atomic E-state index is 13.4. The van der Waals surface area contributed by atoms with Crippen molar-refractivity contribution in [3.63, 3.8) is 0 Å². The van der Waals surface area contributed by atoms with Crippen LogP contribution in [0.1, 0.15) is 15.9 Å². The Morgan fingerprint density at radius 3 is 2.48 bits per heavy atom. The van der Waals surface area contributed by atoms with E-state index in [9.17, 15) is 13.2 Å². The van der Waals surface area contributed by atoms with Crippen LogP contribution in [0.15, 0.2) is 71.6 Å². The number of rotatable bonds is 6. The summed E-state index contributed by atoms with van der Waals surface area (Å²) in [7, 11) is -4.01. The molecule has 0 saturated carbocycles. The molecule has 1 saturated heterocycles. The van der Waals surface area contributed by atoms with Crippen molar-refractivity contribution in [2.45, 2.75) is 11.8 Å². The summed E-state index contributed by atoms with van der Waals surface area (Å²) in [6, 6.07) is 18.7. The fraction of sp³-hybridized carbons (Fsp3) is 0.208. The van der Waals surface area contributed by atoms with Crippen LogP contribution in [-0.4, -0.2) is 40.6 Å². The van der Waals surface area contributed by atoms with Gasteiger partial charge in [-0.2, -0.15) is 0 Å². The molecule has 7 nitrogen and oxygen atoms in total. The molecule has 1 aliphatic rings. The lowest BCUT2D eigenvalue weighted by molar-refractivity contribution is 0.102. The largest absolute Gasteiger partial charge is 0.378 e. The van der Waals surface area contributed by atoms with Crippen molar-refractivity contribution in [1.82, 2.24) is 0 Å². The number of carbonyl (C=O) groups is 1. The van der Waals surface area contributed by atoms with Gasteiger partial charge in [-0.15, -0.1) is 0 Å². The molecule has 0 unspecified atom stereocenters. The van der Waals surface area contributed by atoms with Crippen molar-refractivity contribution in [2.24, 2.45) is 0 Å². The minimum atomic E-state index is -4.01. The quantitative estimate of drug-likeness (QED) is 0.535. The van der Waals surface area contributed by atoms with Gasteiger partial charge in [-0.05, 0) is 49.4 Å². The van der Waals surface area contributed by atoms with Crippen LogP contribution in [0.25, 0.3) is 0 Å². The average Bonchev–Trinajstić information content (AvgIpc) is 2.81. The van der Waals surface area contributed by atoms with Crippen LogP contribution in [0.5, 0.6) is 0 Å².